The number of halogens is 3. The lowest BCUT2D eigenvalue weighted by molar-refractivity contribution is -0.284. The number of hydrogen-bond acceptors (Lipinski definition) is 2. The molecule has 0 aromatic heterocycles. The highest BCUT2D eigenvalue weighted by molar-refractivity contribution is 5.64. The van der Waals surface area contributed by atoms with Crippen LogP contribution in [0, 0.1) is 5.92 Å². The zero-order chi connectivity index (χ0) is 16.5. The minimum atomic E-state index is -4.52. The molecule has 0 radical (unpaired) electrons. The molecule has 22 heavy (non-hydrogen) atoms. The molecule has 0 saturated carbocycles. The second-order valence-corrected chi connectivity index (χ2v) is 6.08. The summed E-state index contributed by atoms with van der Waals surface area (Å²) in [5.41, 5.74) is -1.46. The molecule has 1 aliphatic heterocycles. The Morgan fingerprint density at radius 1 is 1.23 bits per heavy atom. The number of alkyl halides is 3. The van der Waals surface area contributed by atoms with Crippen molar-refractivity contribution in [2.75, 3.05) is 13.6 Å². The maximum Gasteiger partial charge on any atom is 0.447 e. The fraction of sp³-hybridized carbons (Fsp3) is 0.529. The van der Waals surface area contributed by atoms with Crippen molar-refractivity contribution >= 4 is 6.08 Å². The Bertz CT molecular complexity index is 565. The number of para-hydroxylation sites is 1. The van der Waals surface area contributed by atoms with E-state index in [0.717, 1.165) is 0 Å². The molecule has 2 nitrogen and oxygen atoms in total. The zero-order valence-corrected chi connectivity index (χ0v) is 13.4. The second-order valence-electron chi connectivity index (χ2n) is 6.08. The molecule has 5 heteroatoms. The normalized spacial score (nSPS) is 21.6. The van der Waals surface area contributed by atoms with Crippen LogP contribution in [0.5, 0.6) is 5.75 Å². The molecule has 1 atom stereocenters. The molecule has 0 saturated heterocycles. The molecule has 0 bridgehead atoms. The van der Waals surface area contributed by atoms with Crippen molar-refractivity contribution in [2.45, 2.75) is 39.1 Å². The summed E-state index contributed by atoms with van der Waals surface area (Å²) in [6.45, 7) is 5.81. The standard InChI is InChI=1S/C17H22F3NO/c1-5-14-10-13-8-6-7-9-15(13)22-16(14,17(18,19)20)21(4)11-12(2)3/h6-10,12H,5,11H2,1-4H3. The number of nitrogens with zero attached hydrogens (tertiary/aromatic N) is 1. The fourth-order valence-electron chi connectivity index (χ4n) is 3.00. The molecule has 0 fully saturated rings. The third-order valence-corrected chi connectivity index (χ3v) is 3.88. The van der Waals surface area contributed by atoms with Gasteiger partial charge in [0.15, 0.2) is 0 Å². The monoisotopic (exact) mass is 313 g/mol. The lowest BCUT2D eigenvalue weighted by atomic mass is 9.91. The Labute approximate surface area is 129 Å². The predicted octanol–water partition coefficient (Wildman–Crippen LogP) is 4.72. The largest absolute Gasteiger partial charge is 0.458 e. The van der Waals surface area contributed by atoms with Gasteiger partial charge in [0.1, 0.15) is 5.75 Å². The summed E-state index contributed by atoms with van der Waals surface area (Å²) in [7, 11) is 1.48. The molecule has 1 heterocycles. The fourth-order valence-corrected chi connectivity index (χ4v) is 3.00. The van der Waals surface area contributed by atoms with Crippen LogP contribution < -0.4 is 4.74 Å². The first-order chi connectivity index (χ1) is 10.2. The van der Waals surface area contributed by atoms with Crippen molar-refractivity contribution in [3.8, 4) is 5.75 Å². The average Bonchev–Trinajstić information content (AvgIpc) is 2.43. The molecule has 0 spiro atoms. The summed E-state index contributed by atoms with van der Waals surface area (Å²) in [5, 5.41) is 0. The minimum absolute atomic E-state index is 0.100. The van der Waals surface area contributed by atoms with E-state index in [1.807, 2.05) is 13.8 Å². The van der Waals surface area contributed by atoms with E-state index in [1.54, 1.807) is 37.3 Å². The Balaban J connectivity index is 2.59. The summed E-state index contributed by atoms with van der Waals surface area (Å²) in [4.78, 5) is 1.28. The van der Waals surface area contributed by atoms with Gasteiger partial charge in [-0.25, -0.2) is 0 Å². The van der Waals surface area contributed by atoms with E-state index in [2.05, 4.69) is 0 Å². The average molecular weight is 313 g/mol. The van der Waals surface area contributed by atoms with Crippen LogP contribution in [0.1, 0.15) is 32.8 Å². The van der Waals surface area contributed by atoms with Gasteiger partial charge in [-0.3, -0.25) is 4.90 Å². The summed E-state index contributed by atoms with van der Waals surface area (Å²) in [6.07, 6.45) is -2.63. The van der Waals surface area contributed by atoms with Crippen molar-refractivity contribution in [1.82, 2.24) is 4.90 Å². The summed E-state index contributed by atoms with van der Waals surface area (Å²) < 4.78 is 47.6. The smallest absolute Gasteiger partial charge is 0.447 e. The number of ether oxygens (including phenoxy) is 1. The van der Waals surface area contributed by atoms with Crippen molar-refractivity contribution in [1.29, 1.82) is 0 Å². The van der Waals surface area contributed by atoms with Gasteiger partial charge in [-0.1, -0.05) is 39.0 Å². The molecule has 1 aliphatic rings. The topological polar surface area (TPSA) is 12.5 Å². The molecule has 1 aromatic carbocycles. The van der Waals surface area contributed by atoms with E-state index in [9.17, 15) is 13.2 Å². The van der Waals surface area contributed by atoms with Crippen molar-refractivity contribution in [3.05, 3.63) is 35.4 Å². The third kappa shape index (κ3) is 2.74. The number of benzene rings is 1. The SMILES string of the molecule is CCC1=Cc2ccccc2OC1(N(C)CC(C)C)C(F)(F)F. The Kier molecular flexibility index (Phi) is 4.57. The molecular formula is C17H22F3NO. The Hall–Kier alpha value is -1.49. The highest BCUT2D eigenvalue weighted by atomic mass is 19.4. The van der Waals surface area contributed by atoms with Gasteiger partial charge in [-0.2, -0.15) is 13.2 Å². The lowest BCUT2D eigenvalue weighted by Crippen LogP contribution is -2.64. The second kappa shape index (κ2) is 5.95. The predicted molar refractivity (Wildman–Crippen MR) is 81.6 cm³/mol. The van der Waals surface area contributed by atoms with Crippen molar-refractivity contribution in [2.24, 2.45) is 5.92 Å². The van der Waals surface area contributed by atoms with E-state index in [0.29, 0.717) is 12.1 Å². The van der Waals surface area contributed by atoms with Crippen LogP contribution in [-0.2, 0) is 0 Å². The number of fused-ring (bicyclic) bond motifs is 1. The lowest BCUT2D eigenvalue weighted by Gasteiger charge is -2.46. The van der Waals surface area contributed by atoms with Gasteiger partial charge >= 0.3 is 6.18 Å². The summed E-state index contributed by atoms with van der Waals surface area (Å²) in [6, 6.07) is 6.84. The van der Waals surface area contributed by atoms with Crippen molar-refractivity contribution < 1.29 is 17.9 Å². The zero-order valence-electron chi connectivity index (χ0n) is 13.4. The van der Waals surface area contributed by atoms with Gasteiger partial charge in [-0.05, 0) is 37.1 Å². The van der Waals surface area contributed by atoms with E-state index in [4.69, 9.17) is 4.74 Å². The first-order valence-corrected chi connectivity index (χ1v) is 7.49. The van der Waals surface area contributed by atoms with Gasteiger partial charge in [0.05, 0.1) is 0 Å². The molecule has 2 rings (SSSR count). The van der Waals surface area contributed by atoms with Crippen LogP contribution >= 0.6 is 0 Å². The van der Waals surface area contributed by atoms with E-state index >= 15 is 0 Å². The molecule has 1 unspecified atom stereocenters. The molecule has 0 aliphatic carbocycles. The maximum absolute atomic E-state index is 14.0. The van der Waals surface area contributed by atoms with Crippen LogP contribution in [0.25, 0.3) is 6.08 Å². The molecule has 0 amide bonds. The van der Waals surface area contributed by atoms with Crippen molar-refractivity contribution in [3.63, 3.8) is 0 Å². The number of likely N-dealkylation sites (N-methyl/N-ethyl adjacent to an activating group) is 1. The van der Waals surface area contributed by atoms with Crippen LogP contribution in [0.4, 0.5) is 13.2 Å². The Morgan fingerprint density at radius 3 is 2.41 bits per heavy atom. The van der Waals surface area contributed by atoms with E-state index < -0.39 is 11.9 Å². The Morgan fingerprint density at radius 2 is 1.86 bits per heavy atom. The van der Waals surface area contributed by atoms with Gasteiger partial charge in [0, 0.05) is 12.1 Å². The first-order valence-electron chi connectivity index (χ1n) is 7.49. The van der Waals surface area contributed by atoms with Gasteiger partial charge in [-0.15, -0.1) is 0 Å². The quantitative estimate of drug-likeness (QED) is 0.797. The van der Waals surface area contributed by atoms with Gasteiger partial charge in [0.25, 0.3) is 5.72 Å². The first kappa shape index (κ1) is 16.9. The van der Waals surface area contributed by atoms with Crippen LogP contribution in [-0.4, -0.2) is 30.4 Å². The molecule has 0 N–H and O–H groups in total. The molecular weight excluding hydrogens is 291 g/mol. The van der Waals surface area contributed by atoms with Gasteiger partial charge in [0.2, 0.25) is 0 Å². The molecule has 122 valence electrons. The highest BCUT2D eigenvalue weighted by Crippen LogP contribution is 2.47. The third-order valence-electron chi connectivity index (χ3n) is 3.88. The van der Waals surface area contributed by atoms with E-state index in [-0.39, 0.29) is 23.7 Å². The summed E-state index contributed by atoms with van der Waals surface area (Å²) in [5.74, 6) is 0.371. The van der Waals surface area contributed by atoms with Crippen LogP contribution in [0.15, 0.2) is 29.8 Å². The van der Waals surface area contributed by atoms with E-state index in [1.165, 1.54) is 11.9 Å². The van der Waals surface area contributed by atoms with Crippen LogP contribution in [0.3, 0.4) is 0 Å². The summed E-state index contributed by atoms with van der Waals surface area (Å²) >= 11 is 0. The highest BCUT2D eigenvalue weighted by Gasteiger charge is 2.63. The maximum atomic E-state index is 14.0. The van der Waals surface area contributed by atoms with Gasteiger partial charge < -0.3 is 4.74 Å². The molecule has 1 aromatic rings. The van der Waals surface area contributed by atoms with Crippen LogP contribution in [0.2, 0.25) is 0 Å². The minimum Gasteiger partial charge on any atom is -0.458 e. The number of hydrogen-bond donors (Lipinski definition) is 0. The number of rotatable bonds is 4.